The van der Waals surface area contributed by atoms with Crippen molar-refractivity contribution in [2.75, 3.05) is 19.7 Å². The Balaban J connectivity index is 2.09. The van der Waals surface area contributed by atoms with Gasteiger partial charge in [-0.2, -0.15) is 0 Å². The summed E-state index contributed by atoms with van der Waals surface area (Å²) in [7, 11) is 1.76. The van der Waals surface area contributed by atoms with Gasteiger partial charge in [0, 0.05) is 31.4 Å². The molecule has 0 bridgehead atoms. The summed E-state index contributed by atoms with van der Waals surface area (Å²) < 4.78 is 7.09. The Morgan fingerprint density at radius 2 is 2.30 bits per heavy atom. The Hall–Kier alpha value is -1.82. The third-order valence-corrected chi connectivity index (χ3v) is 3.61. The molecule has 0 spiro atoms. The highest BCUT2D eigenvalue weighted by Crippen LogP contribution is 2.05. The molecule has 1 aliphatic heterocycles. The van der Waals surface area contributed by atoms with Crippen LogP contribution in [0.3, 0.4) is 0 Å². The molecule has 2 rings (SSSR count). The molecule has 2 N–H and O–H groups in total. The summed E-state index contributed by atoms with van der Waals surface area (Å²) in [6.45, 7) is 6.36. The molecule has 1 aromatic heterocycles. The number of hydrogen-bond donors (Lipinski definition) is 1. The summed E-state index contributed by atoms with van der Waals surface area (Å²) in [6, 6.07) is 3.73. The van der Waals surface area contributed by atoms with Gasteiger partial charge >= 0.3 is 0 Å². The van der Waals surface area contributed by atoms with Crippen molar-refractivity contribution in [3.8, 4) is 0 Å². The van der Waals surface area contributed by atoms with E-state index in [1.165, 1.54) is 0 Å². The number of rotatable bonds is 2. The van der Waals surface area contributed by atoms with E-state index >= 15 is 0 Å². The maximum Gasteiger partial charge on any atom is 0.255 e. The van der Waals surface area contributed by atoms with Crippen LogP contribution in [0.1, 0.15) is 18.2 Å². The molecule has 1 aromatic rings. The summed E-state index contributed by atoms with van der Waals surface area (Å²) in [4.78, 5) is 18.4. The van der Waals surface area contributed by atoms with Crippen LogP contribution in [0.4, 0.5) is 0 Å². The number of guanidine groups is 1. The van der Waals surface area contributed by atoms with Gasteiger partial charge in [-0.05, 0) is 26.0 Å². The number of morpholine rings is 1. The smallest absolute Gasteiger partial charge is 0.255 e. The molecule has 6 nitrogen and oxygen atoms in total. The van der Waals surface area contributed by atoms with Gasteiger partial charge in [-0.15, -0.1) is 0 Å². The van der Waals surface area contributed by atoms with Crippen LogP contribution in [-0.4, -0.2) is 41.2 Å². The average Bonchev–Trinajstić information content (AvgIpc) is 2.44. The van der Waals surface area contributed by atoms with Crippen LogP contribution >= 0.6 is 0 Å². The number of pyridine rings is 1. The van der Waals surface area contributed by atoms with Gasteiger partial charge < -0.3 is 19.9 Å². The number of nitrogens with two attached hydrogens (primary N) is 1. The molecule has 1 fully saturated rings. The second kappa shape index (κ2) is 6.09. The zero-order chi connectivity index (χ0) is 14.7. The number of aromatic nitrogens is 1. The lowest BCUT2D eigenvalue weighted by molar-refractivity contribution is 0.00528. The predicted molar refractivity (Wildman–Crippen MR) is 78.7 cm³/mol. The minimum absolute atomic E-state index is 0.0168. The summed E-state index contributed by atoms with van der Waals surface area (Å²) in [5.74, 6) is 0.475. The van der Waals surface area contributed by atoms with Crippen molar-refractivity contribution in [2.24, 2.45) is 17.8 Å². The van der Waals surface area contributed by atoms with Crippen molar-refractivity contribution in [1.82, 2.24) is 9.47 Å². The van der Waals surface area contributed by atoms with Crippen molar-refractivity contribution in [1.29, 1.82) is 0 Å². The number of aryl methyl sites for hydroxylation is 1. The largest absolute Gasteiger partial charge is 0.375 e. The van der Waals surface area contributed by atoms with E-state index in [2.05, 4.69) is 4.99 Å². The molecule has 1 atom stereocenters. The minimum atomic E-state index is -0.0168. The zero-order valence-electron chi connectivity index (χ0n) is 12.3. The van der Waals surface area contributed by atoms with E-state index in [0.717, 1.165) is 18.8 Å². The van der Waals surface area contributed by atoms with E-state index in [0.29, 0.717) is 24.7 Å². The van der Waals surface area contributed by atoms with Gasteiger partial charge in [-0.1, -0.05) is 0 Å². The third kappa shape index (κ3) is 3.19. The normalized spacial score (nSPS) is 20.2. The van der Waals surface area contributed by atoms with E-state index < -0.39 is 0 Å². The first kappa shape index (κ1) is 14.6. The fourth-order valence-corrected chi connectivity index (χ4v) is 2.19. The Morgan fingerprint density at radius 3 is 3.00 bits per heavy atom. The summed E-state index contributed by atoms with van der Waals surface area (Å²) >= 11 is 0. The Labute approximate surface area is 118 Å². The molecule has 0 saturated carbocycles. The van der Waals surface area contributed by atoms with Gasteiger partial charge in [0.25, 0.3) is 5.56 Å². The summed E-state index contributed by atoms with van der Waals surface area (Å²) in [5, 5.41) is 0. The predicted octanol–water partition coefficient (Wildman–Crippen LogP) is 0.229. The van der Waals surface area contributed by atoms with Crippen LogP contribution in [0, 0.1) is 6.92 Å². The monoisotopic (exact) mass is 278 g/mol. The van der Waals surface area contributed by atoms with Crippen molar-refractivity contribution >= 4 is 5.96 Å². The first-order chi connectivity index (χ1) is 9.49. The third-order valence-electron chi connectivity index (χ3n) is 3.61. The van der Waals surface area contributed by atoms with Gasteiger partial charge in [0.05, 0.1) is 19.3 Å². The van der Waals surface area contributed by atoms with Crippen LogP contribution in [0.2, 0.25) is 0 Å². The number of aliphatic imine (C=N–C) groups is 1. The SMILES string of the molecule is Cc1ccc(CN=C(N)N2CCOC(C)C2)c(=O)n1C. The van der Waals surface area contributed by atoms with E-state index in [4.69, 9.17) is 10.5 Å². The molecule has 20 heavy (non-hydrogen) atoms. The maximum absolute atomic E-state index is 12.0. The van der Waals surface area contributed by atoms with E-state index in [9.17, 15) is 4.79 Å². The van der Waals surface area contributed by atoms with Gasteiger partial charge in [0.1, 0.15) is 0 Å². The van der Waals surface area contributed by atoms with Gasteiger partial charge in [0.2, 0.25) is 0 Å². The molecule has 0 radical (unpaired) electrons. The highest BCUT2D eigenvalue weighted by Gasteiger charge is 2.18. The van der Waals surface area contributed by atoms with Crippen LogP contribution < -0.4 is 11.3 Å². The molecular formula is C14H22N4O2. The average molecular weight is 278 g/mol. The van der Waals surface area contributed by atoms with Gasteiger partial charge in [-0.25, -0.2) is 4.99 Å². The van der Waals surface area contributed by atoms with E-state index in [1.807, 2.05) is 30.9 Å². The van der Waals surface area contributed by atoms with Crippen molar-refractivity contribution in [2.45, 2.75) is 26.5 Å². The first-order valence-electron chi connectivity index (χ1n) is 6.81. The van der Waals surface area contributed by atoms with Crippen LogP contribution in [-0.2, 0) is 18.3 Å². The van der Waals surface area contributed by atoms with E-state index in [1.54, 1.807) is 11.6 Å². The lowest BCUT2D eigenvalue weighted by Gasteiger charge is -2.31. The van der Waals surface area contributed by atoms with Crippen molar-refractivity contribution in [3.05, 3.63) is 33.7 Å². The second-order valence-electron chi connectivity index (χ2n) is 5.17. The summed E-state index contributed by atoms with van der Waals surface area (Å²) in [5.41, 5.74) is 7.55. The van der Waals surface area contributed by atoms with Gasteiger partial charge in [0.15, 0.2) is 5.96 Å². The minimum Gasteiger partial charge on any atom is -0.375 e. The molecule has 0 aliphatic carbocycles. The Kier molecular flexibility index (Phi) is 4.44. The molecule has 2 heterocycles. The molecule has 6 heteroatoms. The summed E-state index contributed by atoms with van der Waals surface area (Å²) in [6.07, 6.45) is 0.157. The number of nitrogens with zero attached hydrogens (tertiary/aromatic N) is 3. The number of hydrogen-bond acceptors (Lipinski definition) is 3. The topological polar surface area (TPSA) is 72.8 Å². The first-order valence-corrected chi connectivity index (χ1v) is 6.81. The zero-order valence-corrected chi connectivity index (χ0v) is 12.3. The molecular weight excluding hydrogens is 256 g/mol. The molecule has 1 saturated heterocycles. The molecule has 0 amide bonds. The quantitative estimate of drug-likeness (QED) is 0.621. The number of ether oxygens (including phenoxy) is 1. The van der Waals surface area contributed by atoms with Crippen molar-refractivity contribution < 1.29 is 4.74 Å². The lowest BCUT2D eigenvalue weighted by Crippen LogP contribution is -2.47. The Morgan fingerprint density at radius 1 is 1.55 bits per heavy atom. The lowest BCUT2D eigenvalue weighted by atomic mass is 10.2. The second-order valence-corrected chi connectivity index (χ2v) is 5.17. The highest BCUT2D eigenvalue weighted by molar-refractivity contribution is 5.78. The fourth-order valence-electron chi connectivity index (χ4n) is 2.19. The van der Waals surface area contributed by atoms with Gasteiger partial charge in [-0.3, -0.25) is 4.79 Å². The fraction of sp³-hybridized carbons (Fsp3) is 0.571. The molecule has 1 aliphatic rings. The molecule has 0 aromatic carbocycles. The Bertz CT molecular complexity index is 565. The van der Waals surface area contributed by atoms with Crippen LogP contribution in [0.25, 0.3) is 0 Å². The van der Waals surface area contributed by atoms with Crippen LogP contribution in [0.15, 0.2) is 21.9 Å². The standard InChI is InChI=1S/C14H22N4O2/c1-10-4-5-12(13(19)17(10)3)8-16-14(15)18-6-7-20-11(2)9-18/h4-5,11H,6-9H2,1-3H3,(H2,15,16). The van der Waals surface area contributed by atoms with Crippen LogP contribution in [0.5, 0.6) is 0 Å². The highest BCUT2D eigenvalue weighted by atomic mass is 16.5. The van der Waals surface area contributed by atoms with Crippen molar-refractivity contribution in [3.63, 3.8) is 0 Å². The molecule has 1 unspecified atom stereocenters. The molecule has 110 valence electrons. The van der Waals surface area contributed by atoms with E-state index in [-0.39, 0.29) is 11.7 Å². The maximum atomic E-state index is 12.0.